The second-order valence-electron chi connectivity index (χ2n) is 10.3. The second-order valence-corrected chi connectivity index (χ2v) is 13.6. The molecule has 0 saturated carbocycles. The van der Waals surface area contributed by atoms with Crippen molar-refractivity contribution < 1.29 is 17.9 Å². The fourth-order valence-electron chi connectivity index (χ4n) is 4.09. The van der Waals surface area contributed by atoms with Gasteiger partial charge in [0.2, 0.25) is 5.13 Å². The van der Waals surface area contributed by atoms with Gasteiger partial charge in [-0.2, -0.15) is 0 Å². The largest absolute Gasteiger partial charge is 0.476 e. The van der Waals surface area contributed by atoms with E-state index in [0.29, 0.717) is 21.5 Å². The molecule has 1 atom stereocenters. The lowest BCUT2D eigenvalue weighted by molar-refractivity contribution is -0.122. The quantitative estimate of drug-likeness (QED) is 0.307. The van der Waals surface area contributed by atoms with Gasteiger partial charge in [0, 0.05) is 10.6 Å². The van der Waals surface area contributed by atoms with Crippen LogP contribution in [0.15, 0.2) is 71.6 Å². The van der Waals surface area contributed by atoms with Crippen molar-refractivity contribution in [3.8, 4) is 16.3 Å². The molecule has 1 aliphatic rings. The minimum absolute atomic E-state index is 0.137. The number of amides is 1. The summed E-state index contributed by atoms with van der Waals surface area (Å²) in [5.74, 6) is -0.215. The highest BCUT2D eigenvalue weighted by molar-refractivity contribution is 7.92. The first-order valence-corrected chi connectivity index (χ1v) is 14.9. The summed E-state index contributed by atoms with van der Waals surface area (Å²) in [6.07, 6.45) is -1.11. The summed E-state index contributed by atoms with van der Waals surface area (Å²) in [5, 5.41) is 12.4. The number of carbonyl (C=O) groups excluding carboxylic acids is 1. The molecular weight excluding hydrogens is 556 g/mol. The number of sulfonamides is 1. The molecule has 202 valence electrons. The summed E-state index contributed by atoms with van der Waals surface area (Å²) in [6.45, 7) is 7.84. The van der Waals surface area contributed by atoms with Crippen LogP contribution in [0.5, 0.6) is 5.75 Å². The highest BCUT2D eigenvalue weighted by Crippen LogP contribution is 2.40. The minimum Gasteiger partial charge on any atom is -0.476 e. The zero-order valence-electron chi connectivity index (χ0n) is 21.8. The van der Waals surface area contributed by atoms with E-state index in [1.165, 1.54) is 15.6 Å². The molecule has 1 aliphatic heterocycles. The molecule has 0 aliphatic carbocycles. The number of fused-ring (bicyclic) bond motifs is 1. The van der Waals surface area contributed by atoms with Gasteiger partial charge in [-0.05, 0) is 54.3 Å². The number of ether oxygens (including phenoxy) is 1. The van der Waals surface area contributed by atoms with Crippen LogP contribution in [-0.2, 0) is 20.2 Å². The Morgan fingerprint density at radius 1 is 1.05 bits per heavy atom. The molecule has 1 aromatic heterocycles. The maximum absolute atomic E-state index is 13.8. The van der Waals surface area contributed by atoms with Gasteiger partial charge in [-0.15, -0.1) is 10.2 Å². The molecule has 0 saturated heterocycles. The first-order chi connectivity index (χ1) is 18.4. The van der Waals surface area contributed by atoms with Crippen molar-refractivity contribution in [1.29, 1.82) is 0 Å². The normalized spacial score (nSPS) is 15.4. The van der Waals surface area contributed by atoms with Gasteiger partial charge in [-0.25, -0.2) is 8.42 Å². The van der Waals surface area contributed by atoms with Crippen LogP contribution in [0.3, 0.4) is 0 Å². The summed E-state index contributed by atoms with van der Waals surface area (Å²) in [7, 11) is -3.99. The van der Waals surface area contributed by atoms with E-state index in [2.05, 4.69) is 15.5 Å². The number of nitrogens with zero attached hydrogens (tertiary/aromatic N) is 3. The van der Waals surface area contributed by atoms with Gasteiger partial charge in [0.25, 0.3) is 15.9 Å². The van der Waals surface area contributed by atoms with E-state index in [0.717, 1.165) is 16.7 Å². The second kappa shape index (κ2) is 10.3. The van der Waals surface area contributed by atoms with E-state index in [-0.39, 0.29) is 22.0 Å². The van der Waals surface area contributed by atoms with E-state index in [1.54, 1.807) is 42.5 Å². The lowest BCUT2D eigenvalue weighted by Gasteiger charge is -2.35. The number of rotatable bonds is 5. The van der Waals surface area contributed by atoms with Gasteiger partial charge in [0.15, 0.2) is 6.10 Å². The van der Waals surface area contributed by atoms with Crippen LogP contribution in [0.25, 0.3) is 10.6 Å². The van der Waals surface area contributed by atoms with Crippen LogP contribution >= 0.6 is 22.9 Å². The third-order valence-electron chi connectivity index (χ3n) is 6.34. The molecule has 11 heteroatoms. The number of carbonyl (C=O) groups is 1. The predicted octanol–water partition coefficient (Wildman–Crippen LogP) is 6.06. The third-order valence-corrected chi connectivity index (χ3v) is 9.28. The average molecular weight is 583 g/mol. The summed E-state index contributed by atoms with van der Waals surface area (Å²) < 4.78 is 35.0. The number of aryl methyl sites for hydroxylation is 1. The number of halogens is 1. The van der Waals surface area contributed by atoms with Crippen LogP contribution in [0, 0.1) is 6.92 Å². The Morgan fingerprint density at radius 2 is 1.74 bits per heavy atom. The van der Waals surface area contributed by atoms with Crippen LogP contribution in [0.1, 0.15) is 31.9 Å². The smallest absolute Gasteiger partial charge is 0.269 e. The molecule has 1 N–H and O–H groups in total. The van der Waals surface area contributed by atoms with E-state index in [4.69, 9.17) is 16.3 Å². The number of anilines is 2. The number of benzene rings is 3. The lowest BCUT2D eigenvalue weighted by atomic mass is 9.86. The molecular formula is C28H27ClN4O4S2. The zero-order chi connectivity index (χ0) is 27.9. The molecule has 0 unspecified atom stereocenters. The molecule has 0 bridgehead atoms. The average Bonchev–Trinajstić information content (AvgIpc) is 3.36. The fourth-order valence-corrected chi connectivity index (χ4v) is 6.43. The van der Waals surface area contributed by atoms with E-state index < -0.39 is 22.0 Å². The number of nitrogens with one attached hydrogen (secondary N) is 1. The van der Waals surface area contributed by atoms with Crippen molar-refractivity contribution in [2.24, 2.45) is 0 Å². The van der Waals surface area contributed by atoms with Crippen LogP contribution in [0.2, 0.25) is 5.02 Å². The molecule has 5 rings (SSSR count). The van der Waals surface area contributed by atoms with Crippen molar-refractivity contribution in [3.05, 3.63) is 82.9 Å². The van der Waals surface area contributed by atoms with Crippen molar-refractivity contribution in [3.63, 3.8) is 0 Å². The SMILES string of the molecule is Cc1ccc(S(=O)(=O)N2C[C@H](C(=O)Nc3nnc(-c4ccc(Cl)cc4)s3)Oc3ccc(C(C)(C)C)cc32)cc1. The summed E-state index contributed by atoms with van der Waals surface area (Å²) >= 11 is 7.16. The lowest BCUT2D eigenvalue weighted by Crippen LogP contribution is -2.49. The predicted molar refractivity (Wildman–Crippen MR) is 154 cm³/mol. The Labute approximate surface area is 236 Å². The molecule has 8 nitrogen and oxygen atoms in total. The summed E-state index contributed by atoms with van der Waals surface area (Å²) in [6, 6.07) is 19.2. The molecule has 0 radical (unpaired) electrons. The number of aromatic nitrogens is 2. The number of hydrogen-bond donors (Lipinski definition) is 1. The van der Waals surface area contributed by atoms with Crippen molar-refractivity contribution in [1.82, 2.24) is 10.2 Å². The van der Waals surface area contributed by atoms with Gasteiger partial charge in [0.05, 0.1) is 17.1 Å². The van der Waals surface area contributed by atoms with Crippen molar-refractivity contribution >= 4 is 49.7 Å². The Hall–Kier alpha value is -3.47. The van der Waals surface area contributed by atoms with Crippen LogP contribution in [0.4, 0.5) is 10.8 Å². The van der Waals surface area contributed by atoms with E-state index in [9.17, 15) is 13.2 Å². The Balaban J connectivity index is 1.46. The first-order valence-electron chi connectivity index (χ1n) is 12.2. The zero-order valence-corrected chi connectivity index (χ0v) is 24.2. The molecule has 1 amide bonds. The molecule has 0 fully saturated rings. The summed E-state index contributed by atoms with van der Waals surface area (Å²) in [4.78, 5) is 13.4. The van der Waals surface area contributed by atoms with Gasteiger partial charge < -0.3 is 4.74 Å². The maximum Gasteiger partial charge on any atom is 0.269 e. The van der Waals surface area contributed by atoms with E-state index in [1.807, 2.05) is 52.0 Å². The monoisotopic (exact) mass is 582 g/mol. The summed E-state index contributed by atoms with van der Waals surface area (Å²) in [5.41, 5.74) is 2.87. The van der Waals surface area contributed by atoms with Gasteiger partial charge in [0.1, 0.15) is 10.8 Å². The number of hydrogen-bond acceptors (Lipinski definition) is 7. The standard InChI is InChI=1S/C28H27ClN4O4S2/c1-17-5-12-21(13-6-17)39(35,36)33-16-24(37-23-14-9-19(15-22(23)33)28(2,3)4)25(34)30-27-32-31-26(38-27)18-7-10-20(29)11-8-18/h5-15,24H,16H2,1-4H3,(H,30,32,34)/t24-/m1/s1. The topological polar surface area (TPSA) is 101 Å². The molecule has 0 spiro atoms. The third kappa shape index (κ3) is 5.63. The molecule has 4 aromatic rings. The van der Waals surface area contributed by atoms with Crippen molar-refractivity contribution in [2.45, 2.75) is 44.1 Å². The minimum atomic E-state index is -3.99. The highest BCUT2D eigenvalue weighted by Gasteiger charge is 2.38. The molecule has 39 heavy (non-hydrogen) atoms. The maximum atomic E-state index is 13.8. The van der Waals surface area contributed by atoms with Crippen molar-refractivity contribution in [2.75, 3.05) is 16.2 Å². The van der Waals surface area contributed by atoms with Gasteiger partial charge in [-0.1, -0.05) is 79.6 Å². The Kier molecular flexibility index (Phi) is 7.13. The van der Waals surface area contributed by atoms with Crippen LogP contribution in [-0.4, -0.2) is 37.2 Å². The van der Waals surface area contributed by atoms with Gasteiger partial charge in [-0.3, -0.25) is 14.4 Å². The molecule has 2 heterocycles. The van der Waals surface area contributed by atoms with Crippen LogP contribution < -0.4 is 14.4 Å². The van der Waals surface area contributed by atoms with E-state index >= 15 is 0 Å². The Morgan fingerprint density at radius 3 is 2.41 bits per heavy atom. The Bertz CT molecular complexity index is 1630. The molecule has 3 aromatic carbocycles. The fraction of sp³-hybridized carbons (Fsp3) is 0.250. The first kappa shape index (κ1) is 27.1. The highest BCUT2D eigenvalue weighted by atomic mass is 35.5. The van der Waals surface area contributed by atoms with Gasteiger partial charge >= 0.3 is 0 Å².